The summed E-state index contributed by atoms with van der Waals surface area (Å²) in [5.74, 6) is -0.413. The van der Waals surface area contributed by atoms with Crippen molar-refractivity contribution < 1.29 is 14.3 Å². The molecule has 13 heavy (non-hydrogen) atoms. The Hall–Kier alpha value is -1.01. The molecule has 0 unspecified atom stereocenters. The van der Waals surface area contributed by atoms with Gasteiger partial charge in [-0.1, -0.05) is 4.49 Å². The van der Waals surface area contributed by atoms with Crippen LogP contribution in [0.1, 0.15) is 16.9 Å². The molecule has 0 aliphatic carbocycles. The van der Waals surface area contributed by atoms with Crippen molar-refractivity contribution >= 4 is 17.5 Å². The lowest BCUT2D eigenvalue weighted by molar-refractivity contribution is 0.0264. The van der Waals surface area contributed by atoms with Crippen LogP contribution in [0, 0.1) is 0 Å². The first-order valence-corrected chi connectivity index (χ1v) is 4.75. The molecule has 0 spiro atoms. The number of hydrogen-bond donors (Lipinski definition) is 0. The molecule has 0 bridgehead atoms. The Morgan fingerprint density at radius 1 is 1.77 bits per heavy atom. The second-order valence-electron chi connectivity index (χ2n) is 2.68. The van der Waals surface area contributed by atoms with Gasteiger partial charge in [-0.3, -0.25) is 0 Å². The molecule has 1 aromatic heterocycles. The Kier molecular flexibility index (Phi) is 2.51. The van der Waals surface area contributed by atoms with E-state index in [0.29, 0.717) is 13.2 Å². The minimum atomic E-state index is -0.413. The van der Waals surface area contributed by atoms with Gasteiger partial charge in [-0.15, -0.1) is 5.10 Å². The van der Waals surface area contributed by atoms with E-state index in [2.05, 4.69) is 9.59 Å². The molecule has 0 radical (unpaired) electrons. The summed E-state index contributed by atoms with van der Waals surface area (Å²) >= 11 is 1.13. The minimum Gasteiger partial charge on any atom is -0.455 e. The van der Waals surface area contributed by atoms with Gasteiger partial charge in [-0.2, -0.15) is 0 Å². The van der Waals surface area contributed by atoms with Crippen molar-refractivity contribution in [1.29, 1.82) is 0 Å². The van der Waals surface area contributed by atoms with E-state index in [9.17, 15) is 4.79 Å². The SMILES string of the molecule is O=C(O[C@H]1CCOC1)c1csnn1. The smallest absolute Gasteiger partial charge is 0.360 e. The van der Waals surface area contributed by atoms with Crippen molar-refractivity contribution in [2.45, 2.75) is 12.5 Å². The van der Waals surface area contributed by atoms with Gasteiger partial charge in [0.25, 0.3) is 0 Å². The van der Waals surface area contributed by atoms with E-state index >= 15 is 0 Å². The predicted octanol–water partition coefficient (Wildman–Crippen LogP) is 0.484. The summed E-state index contributed by atoms with van der Waals surface area (Å²) in [6, 6.07) is 0. The molecule has 70 valence electrons. The van der Waals surface area contributed by atoms with E-state index in [1.165, 1.54) is 0 Å². The lowest BCUT2D eigenvalue weighted by Gasteiger charge is -2.07. The average Bonchev–Trinajstić information content (AvgIpc) is 2.74. The first-order chi connectivity index (χ1) is 6.36. The van der Waals surface area contributed by atoms with Crippen LogP contribution in [0.2, 0.25) is 0 Å². The van der Waals surface area contributed by atoms with Gasteiger partial charge in [0.1, 0.15) is 6.10 Å². The quantitative estimate of drug-likeness (QED) is 0.650. The van der Waals surface area contributed by atoms with E-state index in [-0.39, 0.29) is 11.8 Å². The zero-order valence-corrected chi connectivity index (χ0v) is 7.62. The van der Waals surface area contributed by atoms with Gasteiger partial charge in [-0.25, -0.2) is 4.79 Å². The van der Waals surface area contributed by atoms with Crippen LogP contribution in [-0.4, -0.2) is 34.9 Å². The summed E-state index contributed by atoms with van der Waals surface area (Å²) < 4.78 is 13.7. The number of carbonyl (C=O) groups is 1. The lowest BCUT2D eigenvalue weighted by atomic mass is 10.3. The second-order valence-corrected chi connectivity index (χ2v) is 3.29. The van der Waals surface area contributed by atoms with Gasteiger partial charge in [0.2, 0.25) is 0 Å². The number of nitrogens with zero attached hydrogens (tertiary/aromatic N) is 2. The number of aromatic nitrogens is 2. The molecule has 0 N–H and O–H groups in total. The van der Waals surface area contributed by atoms with Crippen molar-refractivity contribution in [3.63, 3.8) is 0 Å². The van der Waals surface area contributed by atoms with Gasteiger partial charge in [0.05, 0.1) is 13.2 Å². The van der Waals surface area contributed by atoms with Crippen LogP contribution in [0.15, 0.2) is 5.38 Å². The minimum absolute atomic E-state index is 0.116. The number of rotatable bonds is 2. The van der Waals surface area contributed by atoms with Gasteiger partial charge >= 0.3 is 5.97 Å². The topological polar surface area (TPSA) is 61.3 Å². The summed E-state index contributed by atoms with van der Waals surface area (Å²) in [5, 5.41) is 5.18. The molecule has 1 aromatic rings. The molecule has 0 amide bonds. The highest BCUT2D eigenvalue weighted by Crippen LogP contribution is 2.10. The van der Waals surface area contributed by atoms with E-state index in [1.807, 2.05) is 0 Å². The summed E-state index contributed by atoms with van der Waals surface area (Å²) in [4.78, 5) is 11.3. The highest BCUT2D eigenvalue weighted by atomic mass is 32.1. The van der Waals surface area contributed by atoms with Gasteiger partial charge in [0.15, 0.2) is 5.69 Å². The average molecular weight is 200 g/mol. The van der Waals surface area contributed by atoms with E-state index in [4.69, 9.17) is 9.47 Å². The maximum absolute atomic E-state index is 11.3. The molecule has 0 saturated carbocycles. The van der Waals surface area contributed by atoms with Crippen LogP contribution in [0.4, 0.5) is 0 Å². The molecular formula is C7H8N2O3S. The molecule has 0 aromatic carbocycles. The van der Waals surface area contributed by atoms with Crippen molar-refractivity contribution in [2.24, 2.45) is 0 Å². The Morgan fingerprint density at radius 2 is 2.69 bits per heavy atom. The molecule has 1 atom stereocenters. The van der Waals surface area contributed by atoms with Crippen LogP contribution < -0.4 is 0 Å². The largest absolute Gasteiger partial charge is 0.455 e. The maximum Gasteiger partial charge on any atom is 0.360 e. The molecule has 1 aliphatic heterocycles. The number of carbonyl (C=O) groups excluding carboxylic acids is 1. The second kappa shape index (κ2) is 3.80. The molecule has 5 nitrogen and oxygen atoms in total. The van der Waals surface area contributed by atoms with Crippen LogP contribution >= 0.6 is 11.5 Å². The third-order valence-corrected chi connectivity index (χ3v) is 2.24. The van der Waals surface area contributed by atoms with Crippen LogP contribution in [0.25, 0.3) is 0 Å². The Bertz CT molecular complexity index is 282. The summed E-state index contributed by atoms with van der Waals surface area (Å²) in [5.41, 5.74) is 0.275. The lowest BCUT2D eigenvalue weighted by Crippen LogP contribution is -2.18. The van der Waals surface area contributed by atoms with Crippen molar-refractivity contribution in [3.8, 4) is 0 Å². The highest BCUT2D eigenvalue weighted by Gasteiger charge is 2.21. The third-order valence-electron chi connectivity index (χ3n) is 1.73. The fourth-order valence-electron chi connectivity index (χ4n) is 1.07. The summed E-state index contributed by atoms with van der Waals surface area (Å²) in [6.07, 6.45) is 0.651. The number of hydrogen-bond acceptors (Lipinski definition) is 6. The standard InChI is InChI=1S/C7H8N2O3S/c10-7(6-4-13-9-8-6)12-5-1-2-11-3-5/h4-5H,1-3H2/t5-/m0/s1. The molecule has 2 heterocycles. The third kappa shape index (κ3) is 2.02. The van der Waals surface area contributed by atoms with Crippen LogP contribution in [-0.2, 0) is 9.47 Å². The van der Waals surface area contributed by atoms with Crippen molar-refractivity contribution in [1.82, 2.24) is 9.59 Å². The fourth-order valence-corrected chi connectivity index (χ4v) is 1.50. The predicted molar refractivity (Wildman–Crippen MR) is 44.5 cm³/mol. The number of esters is 1. The molecule has 2 rings (SSSR count). The molecule has 1 saturated heterocycles. The van der Waals surface area contributed by atoms with E-state index in [1.54, 1.807) is 5.38 Å². The Morgan fingerprint density at radius 3 is 3.31 bits per heavy atom. The first kappa shape index (κ1) is 8.58. The molecule has 1 fully saturated rings. The molecule has 6 heteroatoms. The normalized spacial score (nSPS) is 21.7. The van der Waals surface area contributed by atoms with Gasteiger partial charge in [-0.05, 0) is 11.5 Å². The Labute approximate surface area is 78.8 Å². The number of ether oxygens (including phenoxy) is 2. The summed E-state index contributed by atoms with van der Waals surface area (Å²) in [7, 11) is 0. The van der Waals surface area contributed by atoms with E-state index < -0.39 is 5.97 Å². The summed E-state index contributed by atoms with van der Waals surface area (Å²) in [6.45, 7) is 1.15. The van der Waals surface area contributed by atoms with E-state index in [0.717, 1.165) is 18.0 Å². The fraction of sp³-hybridized carbons (Fsp3) is 0.571. The van der Waals surface area contributed by atoms with Gasteiger partial charge < -0.3 is 9.47 Å². The monoisotopic (exact) mass is 200 g/mol. The van der Waals surface area contributed by atoms with Crippen molar-refractivity contribution in [2.75, 3.05) is 13.2 Å². The highest BCUT2D eigenvalue weighted by molar-refractivity contribution is 7.03. The van der Waals surface area contributed by atoms with Crippen LogP contribution in [0.3, 0.4) is 0 Å². The Balaban J connectivity index is 1.91. The first-order valence-electron chi connectivity index (χ1n) is 3.92. The van der Waals surface area contributed by atoms with Crippen molar-refractivity contribution in [3.05, 3.63) is 11.1 Å². The zero-order chi connectivity index (χ0) is 9.10. The van der Waals surface area contributed by atoms with Crippen LogP contribution in [0.5, 0.6) is 0 Å². The zero-order valence-electron chi connectivity index (χ0n) is 6.80. The molecular weight excluding hydrogens is 192 g/mol. The van der Waals surface area contributed by atoms with Gasteiger partial charge in [0, 0.05) is 11.8 Å². The maximum atomic E-state index is 11.3. The molecule has 1 aliphatic rings.